The molecular weight excluding hydrogens is 256 g/mol. The number of thioether (sulfide) groups is 1. The average Bonchev–Trinajstić information content (AvgIpc) is 2.48. The highest BCUT2D eigenvalue weighted by Crippen LogP contribution is 2.39. The van der Waals surface area contributed by atoms with Gasteiger partial charge in [0.05, 0.1) is 5.60 Å². The third-order valence-corrected chi connectivity index (χ3v) is 6.26. The first-order valence-corrected chi connectivity index (χ1v) is 9.13. The van der Waals surface area contributed by atoms with E-state index in [1.807, 2.05) is 0 Å². The Balaban J connectivity index is 1.61. The zero-order valence-electron chi connectivity index (χ0n) is 12.0. The maximum Gasteiger partial charge on any atom is 0.0713 e. The molecule has 1 spiro atoms. The monoisotopic (exact) mass is 284 g/mol. The van der Waals surface area contributed by atoms with E-state index in [1.165, 1.54) is 63.1 Å². The molecule has 0 saturated carbocycles. The molecule has 3 aliphatic rings. The minimum atomic E-state index is 0.226. The van der Waals surface area contributed by atoms with Crippen molar-refractivity contribution >= 4 is 11.8 Å². The second-order valence-corrected chi connectivity index (χ2v) is 7.75. The molecule has 0 amide bonds. The molecule has 3 saturated heterocycles. The van der Waals surface area contributed by atoms with Crippen LogP contribution in [0.5, 0.6) is 0 Å². The van der Waals surface area contributed by atoms with Gasteiger partial charge in [0, 0.05) is 19.2 Å². The minimum absolute atomic E-state index is 0.226. The SMILES string of the molecule is NCC1CCCN(C2CCOC3(CCSCC3)C2)C1. The van der Waals surface area contributed by atoms with Gasteiger partial charge >= 0.3 is 0 Å². The molecule has 2 atom stereocenters. The van der Waals surface area contributed by atoms with Crippen LogP contribution in [0.1, 0.15) is 38.5 Å². The van der Waals surface area contributed by atoms with Crippen LogP contribution in [0.15, 0.2) is 0 Å². The summed E-state index contributed by atoms with van der Waals surface area (Å²) in [7, 11) is 0. The quantitative estimate of drug-likeness (QED) is 0.843. The number of rotatable bonds is 2. The molecule has 0 aromatic carbocycles. The molecule has 3 aliphatic heterocycles. The smallest absolute Gasteiger partial charge is 0.0713 e. The maximum atomic E-state index is 6.22. The number of nitrogens with zero attached hydrogens (tertiary/aromatic N) is 1. The van der Waals surface area contributed by atoms with Crippen LogP contribution in [0.3, 0.4) is 0 Å². The molecule has 110 valence electrons. The Bertz CT molecular complexity index is 288. The molecule has 0 bridgehead atoms. The molecule has 2 N–H and O–H groups in total. The van der Waals surface area contributed by atoms with Crippen molar-refractivity contribution in [3.8, 4) is 0 Å². The van der Waals surface area contributed by atoms with E-state index in [1.54, 1.807) is 0 Å². The Morgan fingerprint density at radius 3 is 2.89 bits per heavy atom. The van der Waals surface area contributed by atoms with E-state index in [0.29, 0.717) is 0 Å². The van der Waals surface area contributed by atoms with Crippen molar-refractivity contribution in [2.45, 2.75) is 50.2 Å². The number of hydrogen-bond donors (Lipinski definition) is 1. The number of nitrogens with two attached hydrogens (primary N) is 1. The first kappa shape index (κ1) is 14.2. The summed E-state index contributed by atoms with van der Waals surface area (Å²) in [5.41, 5.74) is 6.10. The maximum absolute atomic E-state index is 6.22. The van der Waals surface area contributed by atoms with Gasteiger partial charge < -0.3 is 10.5 Å². The summed E-state index contributed by atoms with van der Waals surface area (Å²) in [5.74, 6) is 3.31. The van der Waals surface area contributed by atoms with Crippen LogP contribution < -0.4 is 5.73 Å². The Morgan fingerprint density at radius 2 is 2.11 bits per heavy atom. The lowest BCUT2D eigenvalue weighted by Gasteiger charge is -2.48. The summed E-state index contributed by atoms with van der Waals surface area (Å²) >= 11 is 2.09. The van der Waals surface area contributed by atoms with Gasteiger partial charge in [0.15, 0.2) is 0 Å². The highest BCUT2D eigenvalue weighted by Gasteiger charge is 2.41. The van der Waals surface area contributed by atoms with Gasteiger partial charge in [0.2, 0.25) is 0 Å². The fourth-order valence-corrected chi connectivity index (χ4v) is 5.26. The highest BCUT2D eigenvalue weighted by molar-refractivity contribution is 7.99. The third-order valence-electron chi connectivity index (χ3n) is 5.27. The highest BCUT2D eigenvalue weighted by atomic mass is 32.2. The largest absolute Gasteiger partial charge is 0.375 e. The van der Waals surface area contributed by atoms with Crippen LogP contribution >= 0.6 is 11.8 Å². The summed E-state index contributed by atoms with van der Waals surface area (Å²) in [4.78, 5) is 2.73. The van der Waals surface area contributed by atoms with Crippen LogP contribution in [0.2, 0.25) is 0 Å². The first-order chi connectivity index (χ1) is 9.31. The molecule has 3 heterocycles. The molecule has 0 aliphatic carbocycles. The van der Waals surface area contributed by atoms with Crippen LogP contribution in [-0.2, 0) is 4.74 Å². The Hall–Kier alpha value is 0.230. The van der Waals surface area contributed by atoms with Gasteiger partial charge in [0.1, 0.15) is 0 Å². The van der Waals surface area contributed by atoms with Crippen molar-refractivity contribution in [2.75, 3.05) is 37.7 Å². The third kappa shape index (κ3) is 3.29. The second kappa shape index (κ2) is 6.33. The molecule has 2 unspecified atom stereocenters. The summed E-state index contributed by atoms with van der Waals surface area (Å²) < 4.78 is 6.22. The van der Waals surface area contributed by atoms with Crippen molar-refractivity contribution < 1.29 is 4.74 Å². The van der Waals surface area contributed by atoms with Crippen molar-refractivity contribution in [3.63, 3.8) is 0 Å². The van der Waals surface area contributed by atoms with E-state index >= 15 is 0 Å². The van der Waals surface area contributed by atoms with Crippen LogP contribution in [-0.4, -0.2) is 54.3 Å². The number of ether oxygens (including phenoxy) is 1. The average molecular weight is 284 g/mol. The Labute approximate surface area is 121 Å². The standard InChI is InChI=1S/C15H28N2OS/c16-11-13-2-1-6-17(12-13)14-3-7-18-15(10-14)4-8-19-9-5-15/h13-14H,1-12,16H2. The zero-order valence-corrected chi connectivity index (χ0v) is 12.8. The van der Waals surface area contributed by atoms with E-state index in [0.717, 1.165) is 25.1 Å². The normalized spacial score (nSPS) is 36.5. The second-order valence-electron chi connectivity index (χ2n) is 6.53. The number of hydrogen-bond acceptors (Lipinski definition) is 4. The van der Waals surface area contributed by atoms with E-state index in [4.69, 9.17) is 10.5 Å². The van der Waals surface area contributed by atoms with E-state index in [2.05, 4.69) is 16.7 Å². The van der Waals surface area contributed by atoms with Gasteiger partial charge in [-0.3, -0.25) is 4.90 Å². The summed E-state index contributed by atoms with van der Waals surface area (Å²) in [6.45, 7) is 4.35. The summed E-state index contributed by atoms with van der Waals surface area (Å²) in [6, 6.07) is 0.756. The molecular formula is C15H28N2OS. The van der Waals surface area contributed by atoms with Crippen LogP contribution in [0.4, 0.5) is 0 Å². The van der Waals surface area contributed by atoms with Crippen LogP contribution in [0, 0.1) is 5.92 Å². The molecule has 0 aromatic heterocycles. The van der Waals surface area contributed by atoms with Crippen molar-refractivity contribution in [1.82, 2.24) is 4.90 Å². The summed E-state index contributed by atoms with van der Waals surface area (Å²) in [6.07, 6.45) is 7.70. The molecule has 4 heteroatoms. The van der Waals surface area contributed by atoms with Gasteiger partial charge in [-0.25, -0.2) is 0 Å². The fourth-order valence-electron chi connectivity index (χ4n) is 4.03. The lowest BCUT2D eigenvalue weighted by atomic mass is 9.83. The zero-order chi connectivity index (χ0) is 13.1. The van der Waals surface area contributed by atoms with Crippen molar-refractivity contribution in [1.29, 1.82) is 0 Å². The molecule has 3 fully saturated rings. The predicted molar refractivity (Wildman–Crippen MR) is 81.6 cm³/mol. The van der Waals surface area contributed by atoms with Gasteiger partial charge in [-0.15, -0.1) is 0 Å². The van der Waals surface area contributed by atoms with Gasteiger partial charge in [-0.1, -0.05) is 0 Å². The van der Waals surface area contributed by atoms with E-state index in [9.17, 15) is 0 Å². The van der Waals surface area contributed by atoms with Gasteiger partial charge in [-0.2, -0.15) is 11.8 Å². The number of piperidine rings is 1. The molecule has 3 nitrogen and oxygen atoms in total. The van der Waals surface area contributed by atoms with E-state index < -0.39 is 0 Å². The summed E-state index contributed by atoms with van der Waals surface area (Å²) in [5, 5.41) is 0. The lowest BCUT2D eigenvalue weighted by molar-refractivity contribution is -0.113. The number of likely N-dealkylation sites (tertiary alicyclic amines) is 1. The minimum Gasteiger partial charge on any atom is -0.375 e. The van der Waals surface area contributed by atoms with E-state index in [-0.39, 0.29) is 5.60 Å². The Morgan fingerprint density at radius 1 is 1.26 bits per heavy atom. The lowest BCUT2D eigenvalue weighted by Crippen LogP contribution is -2.53. The van der Waals surface area contributed by atoms with Gasteiger partial charge in [0.25, 0.3) is 0 Å². The van der Waals surface area contributed by atoms with Gasteiger partial charge in [-0.05, 0) is 69.0 Å². The van der Waals surface area contributed by atoms with Crippen LogP contribution in [0.25, 0.3) is 0 Å². The molecule has 0 aromatic rings. The fraction of sp³-hybridized carbons (Fsp3) is 1.00. The predicted octanol–water partition coefficient (Wildman–Crippen LogP) is 2.10. The van der Waals surface area contributed by atoms with Crippen molar-refractivity contribution in [3.05, 3.63) is 0 Å². The Kier molecular flexibility index (Phi) is 4.73. The first-order valence-electron chi connectivity index (χ1n) is 7.97. The molecule has 19 heavy (non-hydrogen) atoms. The van der Waals surface area contributed by atoms with Crippen molar-refractivity contribution in [2.24, 2.45) is 11.7 Å². The topological polar surface area (TPSA) is 38.5 Å². The molecule has 0 radical (unpaired) electrons. The molecule has 3 rings (SSSR count).